The fourth-order valence-corrected chi connectivity index (χ4v) is 3.08. The first-order valence-corrected chi connectivity index (χ1v) is 8.36. The molecule has 32 heavy (non-hydrogen) atoms. The van der Waals surface area contributed by atoms with Gasteiger partial charge >= 0.3 is 12.4 Å². The highest BCUT2D eigenvalue weighted by Gasteiger charge is 2.55. The van der Waals surface area contributed by atoms with Gasteiger partial charge in [0.1, 0.15) is 11.8 Å². The number of hydrogen-bond acceptors (Lipinski definition) is 3. The normalized spacial score (nSPS) is 14.1. The first kappa shape index (κ1) is 25.3. The number of ether oxygens (including phenoxy) is 2. The molecule has 0 heterocycles. The van der Waals surface area contributed by atoms with E-state index in [1.165, 1.54) is 0 Å². The van der Waals surface area contributed by atoms with Gasteiger partial charge in [0.05, 0.1) is 14.2 Å². The molecule has 13 heteroatoms. The second kappa shape index (κ2) is 8.87. The molecule has 2 aromatic carbocycles. The van der Waals surface area contributed by atoms with Crippen LogP contribution in [0.4, 0.5) is 43.9 Å². The predicted molar refractivity (Wildman–Crippen MR) is 88.4 cm³/mol. The summed E-state index contributed by atoms with van der Waals surface area (Å²) in [6.07, 6.45) is -11.5. The third-order valence-electron chi connectivity index (χ3n) is 4.34. The van der Waals surface area contributed by atoms with Crippen molar-refractivity contribution in [2.24, 2.45) is 0 Å². The van der Waals surface area contributed by atoms with E-state index >= 15 is 0 Å². The molecule has 0 bridgehead atoms. The number of Topliss-reactive ketones (excluding diaryl/α,β-unsaturated/α-hetero) is 1. The lowest BCUT2D eigenvalue weighted by Gasteiger charge is -2.27. The molecular weight excluding hydrogens is 466 g/mol. The van der Waals surface area contributed by atoms with Crippen LogP contribution in [0.15, 0.2) is 24.3 Å². The number of halogens is 10. The molecule has 0 saturated heterocycles. The summed E-state index contributed by atoms with van der Waals surface area (Å²) < 4.78 is 146. The first-order valence-electron chi connectivity index (χ1n) is 8.36. The van der Waals surface area contributed by atoms with Gasteiger partial charge in [-0.25, -0.2) is 17.6 Å². The highest BCUT2D eigenvalue weighted by molar-refractivity contribution is 5.93. The lowest BCUT2D eigenvalue weighted by atomic mass is 9.82. The maximum Gasteiger partial charge on any atom is 0.402 e. The minimum absolute atomic E-state index is 0.0133. The van der Waals surface area contributed by atoms with E-state index in [1.807, 2.05) is 0 Å². The molecule has 2 unspecified atom stereocenters. The largest absolute Gasteiger partial charge is 0.491 e. The SMILES string of the molecule is COc1c(F)cc(C(C(=O)C(c2cc(F)c(OC)c(F)c2)C(F)(F)F)C(F)(F)F)cc1F. The van der Waals surface area contributed by atoms with E-state index in [0.717, 1.165) is 14.2 Å². The van der Waals surface area contributed by atoms with Gasteiger partial charge in [0.15, 0.2) is 40.6 Å². The fraction of sp³-hybridized carbons (Fsp3) is 0.316. The van der Waals surface area contributed by atoms with E-state index in [1.54, 1.807) is 0 Å². The fourth-order valence-electron chi connectivity index (χ4n) is 3.08. The molecule has 2 atom stereocenters. The summed E-state index contributed by atoms with van der Waals surface area (Å²) in [6, 6.07) is -0.0532. The minimum atomic E-state index is -5.75. The molecule has 0 radical (unpaired) electrons. The third-order valence-corrected chi connectivity index (χ3v) is 4.34. The highest BCUT2D eigenvalue weighted by Crippen LogP contribution is 2.46. The Kier molecular flexibility index (Phi) is 7.00. The molecule has 0 aliphatic heterocycles. The minimum Gasteiger partial charge on any atom is -0.491 e. The lowest BCUT2D eigenvalue weighted by Crippen LogP contribution is -2.38. The second-order valence-electron chi connectivity index (χ2n) is 6.39. The number of rotatable bonds is 6. The van der Waals surface area contributed by atoms with Gasteiger partial charge in [0.2, 0.25) is 0 Å². The number of alkyl halides is 6. The van der Waals surface area contributed by atoms with Gasteiger partial charge in [-0.1, -0.05) is 0 Å². The van der Waals surface area contributed by atoms with E-state index < -0.39 is 75.9 Å². The number of carbonyl (C=O) groups excluding carboxylic acids is 1. The van der Waals surface area contributed by atoms with E-state index in [0.29, 0.717) is 0 Å². The molecule has 3 nitrogen and oxygen atoms in total. The molecule has 0 saturated carbocycles. The Hall–Kier alpha value is -2.99. The van der Waals surface area contributed by atoms with Gasteiger partial charge in [-0.15, -0.1) is 0 Å². The smallest absolute Gasteiger partial charge is 0.402 e. The zero-order valence-electron chi connectivity index (χ0n) is 16.0. The van der Waals surface area contributed by atoms with Gasteiger partial charge in [0.25, 0.3) is 0 Å². The van der Waals surface area contributed by atoms with Gasteiger partial charge in [0, 0.05) is 0 Å². The van der Waals surface area contributed by atoms with Crippen LogP contribution in [0.25, 0.3) is 0 Å². The van der Waals surface area contributed by atoms with Gasteiger partial charge in [-0.3, -0.25) is 4.79 Å². The monoisotopic (exact) mass is 478 g/mol. The summed E-state index contributed by atoms with van der Waals surface area (Å²) in [5, 5.41) is 0. The van der Waals surface area contributed by atoms with E-state index in [2.05, 4.69) is 9.47 Å². The predicted octanol–water partition coefficient (Wildman–Crippen LogP) is 5.82. The zero-order valence-corrected chi connectivity index (χ0v) is 16.0. The standard InChI is InChI=1S/C19H12F10O3/c1-31-16-9(20)3-7(4-10(16)21)13(18(24,25)26)15(30)14(19(27,28)29)8-5-11(22)17(32-2)12(23)6-8/h3-6,13-14H,1-2H3. The number of benzene rings is 2. The summed E-state index contributed by atoms with van der Waals surface area (Å²) in [6.45, 7) is 0. The molecule has 176 valence electrons. The van der Waals surface area contributed by atoms with Crippen molar-refractivity contribution in [3.8, 4) is 11.5 Å². The van der Waals surface area contributed by atoms with Crippen LogP contribution in [-0.2, 0) is 4.79 Å². The van der Waals surface area contributed by atoms with Crippen LogP contribution in [0.5, 0.6) is 11.5 Å². The van der Waals surface area contributed by atoms with Crippen LogP contribution in [0, 0.1) is 23.3 Å². The Balaban J connectivity index is 2.72. The molecule has 0 aliphatic carbocycles. The zero-order chi connectivity index (χ0) is 24.6. The van der Waals surface area contributed by atoms with E-state index in [4.69, 9.17) is 0 Å². The molecular formula is C19H12F10O3. The summed E-state index contributed by atoms with van der Waals surface area (Å²) >= 11 is 0. The summed E-state index contributed by atoms with van der Waals surface area (Å²) in [5.41, 5.74) is -3.00. The second-order valence-corrected chi connectivity index (χ2v) is 6.39. The van der Waals surface area contributed by atoms with Crippen molar-refractivity contribution in [3.63, 3.8) is 0 Å². The van der Waals surface area contributed by atoms with E-state index in [-0.39, 0.29) is 24.3 Å². The Morgan fingerprint density at radius 3 is 1.09 bits per heavy atom. The molecule has 0 fully saturated rings. The average molecular weight is 478 g/mol. The molecule has 2 aromatic rings. The van der Waals surface area contributed by atoms with Crippen LogP contribution in [0.1, 0.15) is 23.0 Å². The van der Waals surface area contributed by atoms with Crippen molar-refractivity contribution in [1.29, 1.82) is 0 Å². The van der Waals surface area contributed by atoms with Crippen molar-refractivity contribution >= 4 is 5.78 Å². The van der Waals surface area contributed by atoms with Gasteiger partial charge < -0.3 is 9.47 Å². The molecule has 0 aromatic heterocycles. The van der Waals surface area contributed by atoms with Crippen LogP contribution in [-0.4, -0.2) is 32.4 Å². The molecule has 0 spiro atoms. The molecule has 0 amide bonds. The van der Waals surface area contributed by atoms with Crippen molar-refractivity contribution in [1.82, 2.24) is 0 Å². The van der Waals surface area contributed by atoms with Gasteiger partial charge in [-0.2, -0.15) is 26.3 Å². The summed E-state index contributed by atoms with van der Waals surface area (Å²) in [7, 11) is 1.56. The van der Waals surface area contributed by atoms with Gasteiger partial charge in [-0.05, 0) is 35.4 Å². The van der Waals surface area contributed by atoms with Crippen molar-refractivity contribution in [3.05, 3.63) is 58.7 Å². The maximum atomic E-state index is 13.9. The van der Waals surface area contributed by atoms with Crippen molar-refractivity contribution < 1.29 is 58.2 Å². The average Bonchev–Trinajstić information content (AvgIpc) is 2.59. The van der Waals surface area contributed by atoms with Crippen LogP contribution < -0.4 is 9.47 Å². The Labute approximate surface area is 173 Å². The maximum absolute atomic E-state index is 13.9. The van der Waals surface area contributed by atoms with E-state index in [9.17, 15) is 48.7 Å². The van der Waals surface area contributed by atoms with Crippen molar-refractivity contribution in [2.75, 3.05) is 14.2 Å². The highest BCUT2D eigenvalue weighted by atomic mass is 19.4. The van der Waals surface area contributed by atoms with Crippen LogP contribution in [0.2, 0.25) is 0 Å². The van der Waals surface area contributed by atoms with Crippen molar-refractivity contribution in [2.45, 2.75) is 24.2 Å². The quantitative estimate of drug-likeness (QED) is 0.491. The Morgan fingerprint density at radius 2 is 0.906 bits per heavy atom. The Bertz CT molecular complexity index is 888. The summed E-state index contributed by atoms with van der Waals surface area (Å²) in [5.74, 6) is -19.1. The molecule has 0 aliphatic rings. The number of methoxy groups -OCH3 is 2. The third kappa shape index (κ3) is 4.91. The topological polar surface area (TPSA) is 35.5 Å². The van der Waals surface area contributed by atoms with Crippen LogP contribution >= 0.6 is 0 Å². The number of hydrogen-bond donors (Lipinski definition) is 0. The first-order chi connectivity index (χ1) is 14.6. The van der Waals surface area contributed by atoms with Crippen LogP contribution in [0.3, 0.4) is 0 Å². The summed E-state index contributed by atoms with van der Waals surface area (Å²) in [4.78, 5) is 12.5. The molecule has 2 rings (SSSR count). The Morgan fingerprint density at radius 1 is 0.656 bits per heavy atom. The molecule has 0 N–H and O–H groups in total. The number of carbonyl (C=O) groups is 1. The number of ketones is 1. The lowest BCUT2D eigenvalue weighted by molar-refractivity contribution is -0.183.